The Morgan fingerprint density at radius 1 is 1.02 bits per heavy atom. The molecule has 0 atom stereocenters. The summed E-state index contributed by atoms with van der Waals surface area (Å²) in [6, 6.07) is 14.6. The van der Waals surface area contributed by atoms with E-state index in [0.29, 0.717) is 17.9 Å². The second-order valence-corrected chi connectivity index (χ2v) is 9.72. The van der Waals surface area contributed by atoms with Crippen LogP contribution in [0.25, 0.3) is 38.8 Å². The molecule has 8 nitrogen and oxygen atoms in total. The number of amides is 1. The topological polar surface area (TPSA) is 101 Å². The number of fused-ring (bicyclic) bond motifs is 3. The molecule has 1 amide bonds. The number of hydrogen-bond acceptors (Lipinski definition) is 5. The number of imidazole rings is 1. The van der Waals surface area contributed by atoms with Crippen LogP contribution >= 0.6 is 0 Å². The molecule has 41 heavy (non-hydrogen) atoms. The van der Waals surface area contributed by atoms with Gasteiger partial charge >= 0.3 is 6.18 Å². The highest BCUT2D eigenvalue weighted by molar-refractivity contribution is 6.07. The molecule has 0 spiro atoms. The average molecular weight is 556 g/mol. The maximum absolute atomic E-state index is 13.8. The van der Waals surface area contributed by atoms with Crippen LogP contribution < -0.4 is 10.6 Å². The van der Waals surface area contributed by atoms with Gasteiger partial charge in [-0.1, -0.05) is 18.2 Å². The number of nitrogens with one attached hydrogen (secondary N) is 3. The van der Waals surface area contributed by atoms with Gasteiger partial charge in [-0.2, -0.15) is 13.2 Å². The summed E-state index contributed by atoms with van der Waals surface area (Å²) in [6.45, 7) is 2.41. The third-order valence-electron chi connectivity index (χ3n) is 6.88. The zero-order valence-corrected chi connectivity index (χ0v) is 22.0. The van der Waals surface area contributed by atoms with E-state index in [1.165, 1.54) is 23.3 Å². The molecule has 6 aromatic rings. The van der Waals surface area contributed by atoms with Gasteiger partial charge in [-0.15, -0.1) is 0 Å². The van der Waals surface area contributed by atoms with E-state index in [1.54, 1.807) is 25.5 Å². The van der Waals surface area contributed by atoms with Crippen LogP contribution in [0.4, 0.5) is 18.9 Å². The molecule has 0 aliphatic heterocycles. The number of carbonyl (C=O) groups is 1. The normalized spacial score (nSPS) is 11.8. The van der Waals surface area contributed by atoms with Crippen molar-refractivity contribution < 1.29 is 18.0 Å². The lowest BCUT2D eigenvalue weighted by atomic mass is 9.98. The minimum absolute atomic E-state index is 0.124. The molecule has 0 bridgehead atoms. The first-order valence-electron chi connectivity index (χ1n) is 12.7. The lowest BCUT2D eigenvalue weighted by Gasteiger charge is -2.14. The Morgan fingerprint density at radius 3 is 2.68 bits per heavy atom. The number of H-pyrrole nitrogens is 1. The lowest BCUT2D eigenvalue weighted by molar-refractivity contribution is -0.137. The molecule has 0 unspecified atom stereocenters. The van der Waals surface area contributed by atoms with Crippen LogP contribution in [0.1, 0.15) is 27.2 Å². The van der Waals surface area contributed by atoms with E-state index < -0.39 is 17.6 Å². The van der Waals surface area contributed by atoms with Crippen LogP contribution in [0.3, 0.4) is 0 Å². The zero-order valence-electron chi connectivity index (χ0n) is 22.0. The van der Waals surface area contributed by atoms with E-state index in [9.17, 15) is 18.0 Å². The summed E-state index contributed by atoms with van der Waals surface area (Å²) in [4.78, 5) is 29.1. The molecule has 3 aromatic carbocycles. The van der Waals surface area contributed by atoms with Crippen molar-refractivity contribution in [2.45, 2.75) is 19.6 Å². The molecule has 0 saturated carbocycles. The molecule has 6 rings (SSSR count). The Kier molecular flexibility index (Phi) is 6.50. The number of halogens is 3. The van der Waals surface area contributed by atoms with Crippen LogP contribution in [-0.4, -0.2) is 37.5 Å². The van der Waals surface area contributed by atoms with E-state index >= 15 is 0 Å². The Hall–Kier alpha value is -5.03. The summed E-state index contributed by atoms with van der Waals surface area (Å²) in [5.41, 5.74) is 4.61. The van der Waals surface area contributed by atoms with Crippen molar-refractivity contribution >= 4 is 33.5 Å². The summed E-state index contributed by atoms with van der Waals surface area (Å²) >= 11 is 0. The highest BCUT2D eigenvalue weighted by Gasteiger charge is 2.32. The first-order chi connectivity index (χ1) is 19.7. The number of carbonyl (C=O) groups excluding carboxylic acids is 1. The maximum Gasteiger partial charge on any atom is 0.416 e. The fourth-order valence-electron chi connectivity index (χ4n) is 4.85. The molecule has 0 aliphatic carbocycles. The predicted octanol–water partition coefficient (Wildman–Crippen LogP) is 6.26. The highest BCUT2D eigenvalue weighted by Crippen LogP contribution is 2.34. The van der Waals surface area contributed by atoms with Gasteiger partial charge in [0.2, 0.25) is 0 Å². The van der Waals surface area contributed by atoms with Crippen molar-refractivity contribution in [1.29, 1.82) is 0 Å². The van der Waals surface area contributed by atoms with Crippen molar-refractivity contribution in [1.82, 2.24) is 29.8 Å². The van der Waals surface area contributed by atoms with E-state index in [4.69, 9.17) is 0 Å². The largest absolute Gasteiger partial charge is 0.416 e. The summed E-state index contributed by atoms with van der Waals surface area (Å²) < 4.78 is 42.8. The standard InChI is InChI=1S/C30H24F3N7O/c1-17-3-5-21(11-25(17)18-4-6-24-26-13-35-15-36-28(26)39-27(24)9-18)38-29(41)19-7-20(30(31,32)33)10-23(8-19)40-14-22(12-34-2)37-16-40/h3-11,13-16,34H,12H2,1-2H3,(H,38,41)(H,35,36,39). The van der Waals surface area contributed by atoms with Gasteiger partial charge in [0.05, 0.1) is 17.6 Å². The van der Waals surface area contributed by atoms with E-state index in [0.717, 1.165) is 50.8 Å². The number of aromatic nitrogens is 5. The smallest absolute Gasteiger partial charge is 0.339 e. The Bertz CT molecular complexity index is 1920. The molecular formula is C30H24F3N7O. The van der Waals surface area contributed by atoms with Crippen LogP contribution in [0.5, 0.6) is 0 Å². The molecule has 0 fully saturated rings. The van der Waals surface area contributed by atoms with E-state index in [2.05, 4.69) is 30.6 Å². The number of aryl methyl sites for hydroxylation is 1. The minimum Gasteiger partial charge on any atom is -0.339 e. The van der Waals surface area contributed by atoms with E-state index in [1.807, 2.05) is 37.3 Å². The molecule has 11 heteroatoms. The molecule has 3 heterocycles. The first kappa shape index (κ1) is 26.2. The Labute approximate surface area is 232 Å². The number of anilines is 1. The Balaban J connectivity index is 1.33. The fourth-order valence-corrected chi connectivity index (χ4v) is 4.85. The fraction of sp³-hybridized carbons (Fsp3) is 0.133. The number of nitrogens with zero attached hydrogens (tertiary/aromatic N) is 4. The minimum atomic E-state index is -4.64. The summed E-state index contributed by atoms with van der Waals surface area (Å²) in [5.74, 6) is -0.660. The van der Waals surface area contributed by atoms with Crippen LogP contribution in [0, 0.1) is 6.92 Å². The number of alkyl halides is 3. The lowest BCUT2D eigenvalue weighted by Crippen LogP contribution is -2.15. The molecule has 3 N–H and O–H groups in total. The van der Waals surface area contributed by atoms with E-state index in [-0.39, 0.29) is 11.3 Å². The summed E-state index contributed by atoms with van der Waals surface area (Å²) in [7, 11) is 1.75. The van der Waals surface area contributed by atoms with Gasteiger partial charge in [-0.05, 0) is 67.1 Å². The van der Waals surface area contributed by atoms with Gasteiger partial charge in [-0.25, -0.2) is 15.0 Å². The second-order valence-electron chi connectivity index (χ2n) is 9.72. The first-order valence-corrected chi connectivity index (χ1v) is 12.7. The third-order valence-corrected chi connectivity index (χ3v) is 6.88. The van der Waals surface area contributed by atoms with Crippen molar-refractivity contribution in [2.75, 3.05) is 12.4 Å². The maximum atomic E-state index is 13.8. The third kappa shape index (κ3) is 5.14. The SMILES string of the molecule is CNCc1cn(-c2cc(C(=O)Nc3ccc(C)c(-c4ccc5c(c4)[nH]c4ncncc45)c3)cc(C(F)(F)F)c2)cn1. The number of rotatable bonds is 6. The monoisotopic (exact) mass is 555 g/mol. The Morgan fingerprint density at radius 2 is 1.88 bits per heavy atom. The quantitative estimate of drug-likeness (QED) is 0.225. The molecule has 3 aromatic heterocycles. The van der Waals surface area contributed by atoms with Crippen LogP contribution in [-0.2, 0) is 12.7 Å². The molecule has 0 radical (unpaired) electrons. The van der Waals surface area contributed by atoms with Gasteiger partial charge in [-0.3, -0.25) is 4.79 Å². The summed E-state index contributed by atoms with van der Waals surface area (Å²) in [5, 5.41) is 7.63. The number of benzene rings is 3. The number of aromatic amines is 1. The summed E-state index contributed by atoms with van der Waals surface area (Å²) in [6.07, 6.45) is 1.65. The molecule has 0 aliphatic rings. The van der Waals surface area contributed by atoms with Gasteiger partial charge in [0, 0.05) is 52.2 Å². The van der Waals surface area contributed by atoms with Gasteiger partial charge in [0.1, 0.15) is 12.0 Å². The van der Waals surface area contributed by atoms with Gasteiger partial charge in [0.15, 0.2) is 0 Å². The highest BCUT2D eigenvalue weighted by atomic mass is 19.4. The second kappa shape index (κ2) is 10.2. The van der Waals surface area contributed by atoms with Crippen LogP contribution in [0.2, 0.25) is 0 Å². The molecule has 0 saturated heterocycles. The molecule has 206 valence electrons. The van der Waals surface area contributed by atoms with Crippen molar-refractivity contribution in [3.8, 4) is 16.8 Å². The predicted molar refractivity (Wildman–Crippen MR) is 151 cm³/mol. The zero-order chi connectivity index (χ0) is 28.7. The van der Waals surface area contributed by atoms with Gasteiger partial charge < -0.3 is 20.2 Å². The van der Waals surface area contributed by atoms with Crippen molar-refractivity contribution in [2.24, 2.45) is 0 Å². The molecular weight excluding hydrogens is 531 g/mol. The average Bonchev–Trinajstić information content (AvgIpc) is 3.58. The van der Waals surface area contributed by atoms with Crippen LogP contribution in [0.15, 0.2) is 79.6 Å². The van der Waals surface area contributed by atoms with Crippen molar-refractivity contribution in [3.63, 3.8) is 0 Å². The number of hydrogen-bond donors (Lipinski definition) is 3. The van der Waals surface area contributed by atoms with Gasteiger partial charge in [0.25, 0.3) is 5.91 Å². The van der Waals surface area contributed by atoms with Crippen molar-refractivity contribution in [3.05, 3.63) is 102 Å².